The lowest BCUT2D eigenvalue weighted by molar-refractivity contribution is -0.245. The number of methoxy groups -OCH3 is 1. The summed E-state index contributed by atoms with van der Waals surface area (Å²) in [6, 6.07) is 0. The third-order valence-electron chi connectivity index (χ3n) is 9.60. The van der Waals surface area contributed by atoms with Gasteiger partial charge in [-0.1, -0.05) is 13.3 Å². The predicted molar refractivity (Wildman–Crippen MR) is 99.8 cm³/mol. The quantitative estimate of drug-likeness (QED) is 0.733. The van der Waals surface area contributed by atoms with Gasteiger partial charge in [0, 0.05) is 0 Å². The van der Waals surface area contributed by atoms with Crippen LogP contribution in [0.1, 0.15) is 71.6 Å². The van der Waals surface area contributed by atoms with Crippen molar-refractivity contribution in [1.29, 1.82) is 0 Å². The van der Waals surface area contributed by atoms with Crippen molar-refractivity contribution in [3.05, 3.63) is 0 Å². The fraction of sp³-hybridized carbons (Fsp3) is 0.909. The number of carbonyl (C=O) groups excluding carboxylic acids is 1. The minimum atomic E-state index is -0.653. The molecule has 0 unspecified atom stereocenters. The van der Waals surface area contributed by atoms with Crippen molar-refractivity contribution >= 4 is 11.9 Å². The third-order valence-corrected chi connectivity index (χ3v) is 9.60. The topological polar surface area (TPSA) is 83.8 Å². The molecule has 1 spiro atoms. The SMILES string of the molecule is COC(=O)C[C@H]1[C@@H]2CC[C@@]3(CC[C@H]4[C@@](C)(CCC[C@@]4(C)C(=O)O)[C@@H]3C2)[C@@H]1O. The van der Waals surface area contributed by atoms with Crippen LogP contribution in [0, 0.1) is 39.9 Å². The van der Waals surface area contributed by atoms with E-state index < -0.39 is 17.5 Å². The zero-order chi connectivity index (χ0) is 19.6. The van der Waals surface area contributed by atoms with Gasteiger partial charge in [-0.15, -0.1) is 0 Å². The second-order valence-corrected chi connectivity index (χ2v) is 10.4. The Balaban J connectivity index is 1.68. The van der Waals surface area contributed by atoms with Gasteiger partial charge in [0.1, 0.15) is 0 Å². The van der Waals surface area contributed by atoms with Gasteiger partial charge in [0.15, 0.2) is 0 Å². The van der Waals surface area contributed by atoms with Gasteiger partial charge in [-0.3, -0.25) is 9.59 Å². The lowest BCUT2D eigenvalue weighted by atomic mass is 9.35. The van der Waals surface area contributed by atoms with Gasteiger partial charge in [0.2, 0.25) is 0 Å². The second kappa shape index (κ2) is 6.20. The Labute approximate surface area is 161 Å². The average Bonchev–Trinajstić information content (AvgIpc) is 2.64. The molecule has 5 fully saturated rings. The molecule has 5 rings (SSSR count). The van der Waals surface area contributed by atoms with Crippen molar-refractivity contribution in [2.75, 3.05) is 7.11 Å². The van der Waals surface area contributed by atoms with E-state index in [1.807, 2.05) is 6.92 Å². The number of aliphatic hydroxyl groups excluding tert-OH is 1. The van der Waals surface area contributed by atoms with Gasteiger partial charge < -0.3 is 14.9 Å². The number of hydrogen-bond acceptors (Lipinski definition) is 4. The van der Waals surface area contributed by atoms with Crippen molar-refractivity contribution in [1.82, 2.24) is 0 Å². The summed E-state index contributed by atoms with van der Waals surface area (Å²) in [5.74, 6) is 0.00879. The number of ether oxygens (including phenoxy) is 1. The Kier molecular flexibility index (Phi) is 4.41. The maximum atomic E-state index is 12.2. The number of hydrogen-bond donors (Lipinski definition) is 2. The van der Waals surface area contributed by atoms with Gasteiger partial charge in [-0.05, 0) is 86.4 Å². The molecule has 0 aliphatic heterocycles. The molecule has 2 bridgehead atoms. The Morgan fingerprint density at radius 3 is 2.44 bits per heavy atom. The maximum Gasteiger partial charge on any atom is 0.309 e. The molecule has 27 heavy (non-hydrogen) atoms. The molecule has 8 atom stereocenters. The average molecular weight is 379 g/mol. The summed E-state index contributed by atoms with van der Waals surface area (Å²) in [7, 11) is 1.41. The van der Waals surface area contributed by atoms with E-state index in [4.69, 9.17) is 4.74 Å². The first-order chi connectivity index (χ1) is 12.7. The molecular formula is C22H34O5. The Morgan fingerprint density at radius 2 is 1.78 bits per heavy atom. The van der Waals surface area contributed by atoms with Gasteiger partial charge in [0.05, 0.1) is 25.0 Å². The molecule has 5 saturated carbocycles. The van der Waals surface area contributed by atoms with Crippen LogP contribution in [0.25, 0.3) is 0 Å². The monoisotopic (exact) mass is 378 g/mol. The van der Waals surface area contributed by atoms with Crippen molar-refractivity contribution in [3.8, 4) is 0 Å². The van der Waals surface area contributed by atoms with Gasteiger partial charge >= 0.3 is 11.9 Å². The lowest BCUT2D eigenvalue weighted by Gasteiger charge is -2.69. The number of esters is 1. The summed E-state index contributed by atoms with van der Waals surface area (Å²) in [6.45, 7) is 4.26. The molecule has 0 amide bonds. The molecule has 0 aromatic carbocycles. The highest BCUT2D eigenvalue weighted by Crippen LogP contribution is 2.72. The first-order valence-electron chi connectivity index (χ1n) is 10.7. The number of fused-ring (bicyclic) bond motifs is 3. The Hall–Kier alpha value is -1.10. The van der Waals surface area contributed by atoms with Crippen LogP contribution >= 0.6 is 0 Å². The third kappa shape index (κ3) is 2.46. The number of aliphatic carboxylic acids is 1. The number of carbonyl (C=O) groups is 2. The van der Waals surface area contributed by atoms with E-state index in [1.54, 1.807) is 0 Å². The highest BCUT2D eigenvalue weighted by atomic mass is 16.5. The summed E-state index contributed by atoms with van der Waals surface area (Å²) in [5.41, 5.74) is -0.823. The zero-order valence-electron chi connectivity index (χ0n) is 16.9. The Bertz CT molecular complexity index is 647. The molecule has 152 valence electrons. The summed E-state index contributed by atoms with van der Waals surface area (Å²) in [6.07, 6.45) is 7.52. The number of carboxylic acids is 1. The molecule has 5 aliphatic carbocycles. The molecule has 0 aromatic heterocycles. The minimum absolute atomic E-state index is 0.00273. The number of carboxylic acid groups (broad SMARTS) is 1. The van der Waals surface area contributed by atoms with E-state index >= 15 is 0 Å². The van der Waals surface area contributed by atoms with Gasteiger partial charge in [-0.2, -0.15) is 0 Å². The van der Waals surface area contributed by atoms with E-state index in [0.29, 0.717) is 18.3 Å². The van der Waals surface area contributed by atoms with E-state index in [2.05, 4.69) is 6.92 Å². The summed E-state index contributed by atoms with van der Waals surface area (Å²) >= 11 is 0. The maximum absolute atomic E-state index is 12.2. The lowest BCUT2D eigenvalue weighted by Crippen LogP contribution is -2.66. The number of aliphatic hydroxyl groups is 1. The minimum Gasteiger partial charge on any atom is -0.481 e. The summed E-state index contributed by atoms with van der Waals surface area (Å²) in [4.78, 5) is 24.1. The van der Waals surface area contributed by atoms with Crippen LogP contribution in [-0.4, -0.2) is 35.4 Å². The van der Waals surface area contributed by atoms with E-state index in [-0.39, 0.29) is 28.6 Å². The molecule has 2 N–H and O–H groups in total. The second-order valence-electron chi connectivity index (χ2n) is 10.4. The summed E-state index contributed by atoms with van der Waals surface area (Å²) in [5, 5.41) is 21.4. The van der Waals surface area contributed by atoms with Gasteiger partial charge in [0.25, 0.3) is 0 Å². The molecule has 0 aromatic rings. The van der Waals surface area contributed by atoms with Crippen LogP contribution in [0.3, 0.4) is 0 Å². The van der Waals surface area contributed by atoms with Crippen LogP contribution in [0.15, 0.2) is 0 Å². The summed E-state index contributed by atoms with van der Waals surface area (Å²) < 4.78 is 4.89. The molecule has 5 heteroatoms. The van der Waals surface area contributed by atoms with Crippen LogP contribution < -0.4 is 0 Å². The first kappa shape index (κ1) is 19.2. The van der Waals surface area contributed by atoms with Crippen molar-refractivity contribution in [2.45, 2.75) is 77.7 Å². The standard InChI is InChI=1S/C22H34O5/c1-20-7-4-8-21(2,19(25)26)15(20)6-10-22-9-5-13(11-16(20)22)14(18(22)24)12-17(23)27-3/h13-16,18,24H,4-12H2,1-3H3,(H,25,26)/t13-,14+,15+,16+,18-,20-,21-,22+/m1/s1. The normalized spacial score (nSPS) is 51.2. The van der Waals surface area contributed by atoms with E-state index in [9.17, 15) is 19.8 Å². The van der Waals surface area contributed by atoms with Crippen LogP contribution in [-0.2, 0) is 14.3 Å². The molecule has 5 aliphatic rings. The van der Waals surface area contributed by atoms with Crippen molar-refractivity contribution in [3.63, 3.8) is 0 Å². The molecule has 0 radical (unpaired) electrons. The van der Waals surface area contributed by atoms with Crippen LogP contribution in [0.2, 0.25) is 0 Å². The van der Waals surface area contributed by atoms with Crippen molar-refractivity contribution in [2.24, 2.45) is 39.9 Å². The smallest absolute Gasteiger partial charge is 0.309 e. The highest BCUT2D eigenvalue weighted by molar-refractivity contribution is 5.75. The Morgan fingerprint density at radius 1 is 1.07 bits per heavy atom. The first-order valence-corrected chi connectivity index (χ1v) is 10.7. The fourth-order valence-electron chi connectivity index (χ4n) is 8.28. The molecule has 0 heterocycles. The predicted octanol–water partition coefficient (Wildman–Crippen LogP) is 3.63. The molecule has 5 nitrogen and oxygen atoms in total. The number of rotatable bonds is 3. The van der Waals surface area contributed by atoms with Crippen molar-refractivity contribution < 1.29 is 24.5 Å². The highest BCUT2D eigenvalue weighted by Gasteiger charge is 2.68. The van der Waals surface area contributed by atoms with Crippen LogP contribution in [0.5, 0.6) is 0 Å². The largest absolute Gasteiger partial charge is 0.481 e. The van der Waals surface area contributed by atoms with E-state index in [0.717, 1.165) is 51.4 Å². The van der Waals surface area contributed by atoms with Gasteiger partial charge in [-0.25, -0.2) is 0 Å². The van der Waals surface area contributed by atoms with E-state index in [1.165, 1.54) is 7.11 Å². The molecule has 0 saturated heterocycles. The van der Waals surface area contributed by atoms with Crippen LogP contribution in [0.4, 0.5) is 0 Å². The fourth-order valence-corrected chi connectivity index (χ4v) is 8.28. The molecular weight excluding hydrogens is 344 g/mol. The zero-order valence-corrected chi connectivity index (χ0v) is 16.9.